The maximum Gasteiger partial charge on any atom is 0.253 e. The Morgan fingerprint density at radius 2 is 2.10 bits per heavy atom. The summed E-state index contributed by atoms with van der Waals surface area (Å²) in [5, 5.41) is 3.27. The third-order valence-electron chi connectivity index (χ3n) is 3.56. The van der Waals surface area contributed by atoms with Gasteiger partial charge in [-0.15, -0.1) is 0 Å². The molecular weight excluding hydrogens is 256 g/mol. The van der Waals surface area contributed by atoms with E-state index in [9.17, 15) is 4.79 Å². The summed E-state index contributed by atoms with van der Waals surface area (Å²) in [6.45, 7) is 2.92. The van der Waals surface area contributed by atoms with Crippen LogP contribution in [0.15, 0.2) is 24.3 Å². The van der Waals surface area contributed by atoms with Gasteiger partial charge in [0.2, 0.25) is 0 Å². The number of nitrogens with zero attached hydrogens (tertiary/aromatic N) is 1. The Labute approximate surface area is 119 Å². The van der Waals surface area contributed by atoms with Gasteiger partial charge in [-0.3, -0.25) is 4.79 Å². The summed E-state index contributed by atoms with van der Waals surface area (Å²) >= 11 is 0. The molecule has 0 radical (unpaired) electrons. The molecule has 20 heavy (non-hydrogen) atoms. The molecule has 1 heterocycles. The van der Waals surface area contributed by atoms with Gasteiger partial charge in [-0.2, -0.15) is 0 Å². The third kappa shape index (κ3) is 3.71. The Hall–Kier alpha value is -1.59. The predicted molar refractivity (Wildman–Crippen MR) is 77.2 cm³/mol. The highest BCUT2D eigenvalue weighted by molar-refractivity contribution is 5.94. The van der Waals surface area contributed by atoms with E-state index in [1.807, 2.05) is 36.2 Å². The van der Waals surface area contributed by atoms with Crippen molar-refractivity contribution in [2.45, 2.75) is 12.5 Å². The summed E-state index contributed by atoms with van der Waals surface area (Å²) < 4.78 is 10.4. The maximum atomic E-state index is 12.3. The number of methoxy groups -OCH3 is 1. The van der Waals surface area contributed by atoms with Gasteiger partial charge in [-0.05, 0) is 37.2 Å². The molecule has 1 fully saturated rings. The van der Waals surface area contributed by atoms with Crippen LogP contribution in [0.5, 0.6) is 5.75 Å². The average Bonchev–Trinajstić information content (AvgIpc) is 3.01. The number of ether oxygens (including phenoxy) is 2. The van der Waals surface area contributed by atoms with E-state index >= 15 is 0 Å². The van der Waals surface area contributed by atoms with Gasteiger partial charge < -0.3 is 19.7 Å². The molecule has 1 atom stereocenters. The van der Waals surface area contributed by atoms with Gasteiger partial charge in [-0.1, -0.05) is 0 Å². The van der Waals surface area contributed by atoms with Crippen molar-refractivity contribution in [1.29, 1.82) is 0 Å². The molecule has 1 N–H and O–H groups in total. The zero-order valence-corrected chi connectivity index (χ0v) is 12.1. The van der Waals surface area contributed by atoms with Crippen molar-refractivity contribution in [2.75, 3.05) is 40.5 Å². The van der Waals surface area contributed by atoms with Crippen molar-refractivity contribution < 1.29 is 14.3 Å². The highest BCUT2D eigenvalue weighted by atomic mass is 16.5. The van der Waals surface area contributed by atoms with E-state index in [2.05, 4.69) is 5.32 Å². The highest BCUT2D eigenvalue weighted by Gasteiger charge is 2.23. The largest absolute Gasteiger partial charge is 0.491 e. The quantitative estimate of drug-likeness (QED) is 0.793. The summed E-state index contributed by atoms with van der Waals surface area (Å²) in [5.41, 5.74) is 0.693. The average molecular weight is 278 g/mol. The van der Waals surface area contributed by atoms with Crippen molar-refractivity contribution in [2.24, 2.45) is 0 Å². The zero-order valence-electron chi connectivity index (χ0n) is 12.1. The second kappa shape index (κ2) is 7.26. The van der Waals surface area contributed by atoms with Crippen LogP contribution in [-0.4, -0.2) is 57.3 Å². The first-order valence-electron chi connectivity index (χ1n) is 6.92. The highest BCUT2D eigenvalue weighted by Crippen LogP contribution is 2.15. The molecule has 1 saturated heterocycles. The lowest BCUT2D eigenvalue weighted by atomic mass is 10.1. The summed E-state index contributed by atoms with van der Waals surface area (Å²) in [5.74, 6) is 0.811. The van der Waals surface area contributed by atoms with E-state index in [1.165, 1.54) is 0 Å². The first kappa shape index (κ1) is 14.8. The van der Waals surface area contributed by atoms with E-state index in [0.717, 1.165) is 25.3 Å². The summed E-state index contributed by atoms with van der Waals surface area (Å²) in [6, 6.07) is 7.56. The van der Waals surface area contributed by atoms with Crippen LogP contribution >= 0.6 is 0 Å². The molecule has 0 aromatic heterocycles. The number of amides is 1. The lowest BCUT2D eigenvalue weighted by molar-refractivity contribution is 0.0743. The summed E-state index contributed by atoms with van der Waals surface area (Å²) in [4.78, 5) is 14.2. The van der Waals surface area contributed by atoms with Gasteiger partial charge in [0.25, 0.3) is 5.91 Å². The molecule has 5 heteroatoms. The second-order valence-electron chi connectivity index (χ2n) is 4.93. The van der Waals surface area contributed by atoms with Crippen LogP contribution < -0.4 is 10.1 Å². The number of nitrogens with one attached hydrogen (secondary N) is 1. The van der Waals surface area contributed by atoms with Crippen LogP contribution in [0.25, 0.3) is 0 Å². The molecule has 1 amide bonds. The molecule has 1 aliphatic rings. The van der Waals surface area contributed by atoms with Crippen LogP contribution in [0.4, 0.5) is 0 Å². The van der Waals surface area contributed by atoms with Gasteiger partial charge >= 0.3 is 0 Å². The van der Waals surface area contributed by atoms with Gasteiger partial charge in [0, 0.05) is 32.3 Å². The molecule has 1 unspecified atom stereocenters. The van der Waals surface area contributed by atoms with Gasteiger partial charge in [0.05, 0.1) is 6.61 Å². The second-order valence-corrected chi connectivity index (χ2v) is 4.93. The van der Waals surface area contributed by atoms with Crippen LogP contribution in [0.3, 0.4) is 0 Å². The molecule has 0 spiro atoms. The molecule has 1 aliphatic heterocycles. The number of carbonyl (C=O) groups excluding carboxylic acids is 1. The molecule has 1 aromatic carbocycles. The topological polar surface area (TPSA) is 50.8 Å². The van der Waals surface area contributed by atoms with Gasteiger partial charge in [0.1, 0.15) is 12.4 Å². The SMILES string of the molecule is COCCOc1ccc(C(=O)N(C)C2CCNC2)cc1. The Morgan fingerprint density at radius 1 is 1.35 bits per heavy atom. The molecule has 110 valence electrons. The molecule has 5 nitrogen and oxygen atoms in total. The van der Waals surface area contributed by atoms with E-state index < -0.39 is 0 Å². The van der Waals surface area contributed by atoms with Crippen LogP contribution in [-0.2, 0) is 4.74 Å². The standard InChI is InChI=1S/C15H22N2O3/c1-17(13-7-8-16-11-13)15(18)12-3-5-14(6-4-12)20-10-9-19-2/h3-6,13,16H,7-11H2,1-2H3. The van der Waals surface area contributed by atoms with Crippen molar-refractivity contribution in [1.82, 2.24) is 10.2 Å². The third-order valence-corrected chi connectivity index (χ3v) is 3.56. The minimum atomic E-state index is 0.0575. The fourth-order valence-corrected chi connectivity index (χ4v) is 2.28. The van der Waals surface area contributed by atoms with Crippen LogP contribution in [0, 0.1) is 0 Å². The number of hydrogen-bond donors (Lipinski definition) is 1. The van der Waals surface area contributed by atoms with Gasteiger partial charge in [-0.25, -0.2) is 0 Å². The van der Waals surface area contributed by atoms with Crippen molar-refractivity contribution in [3.05, 3.63) is 29.8 Å². The lowest BCUT2D eigenvalue weighted by Gasteiger charge is -2.23. The lowest BCUT2D eigenvalue weighted by Crippen LogP contribution is -2.38. The molecular formula is C15H22N2O3. The number of rotatable bonds is 6. The molecule has 1 aromatic rings. The minimum absolute atomic E-state index is 0.0575. The van der Waals surface area contributed by atoms with Crippen molar-refractivity contribution in [3.63, 3.8) is 0 Å². The number of likely N-dealkylation sites (N-methyl/N-ethyl adjacent to an activating group) is 1. The maximum absolute atomic E-state index is 12.3. The number of carbonyl (C=O) groups is 1. The molecule has 2 rings (SSSR count). The van der Waals surface area contributed by atoms with Crippen LogP contribution in [0.2, 0.25) is 0 Å². The smallest absolute Gasteiger partial charge is 0.253 e. The predicted octanol–water partition coefficient (Wildman–Crippen LogP) is 1.15. The molecule has 0 bridgehead atoms. The van der Waals surface area contributed by atoms with Gasteiger partial charge in [0.15, 0.2) is 0 Å². The number of benzene rings is 1. The van der Waals surface area contributed by atoms with E-state index in [-0.39, 0.29) is 5.91 Å². The monoisotopic (exact) mass is 278 g/mol. The fourth-order valence-electron chi connectivity index (χ4n) is 2.28. The summed E-state index contributed by atoms with van der Waals surface area (Å²) in [7, 11) is 3.50. The van der Waals surface area contributed by atoms with E-state index in [4.69, 9.17) is 9.47 Å². The Kier molecular flexibility index (Phi) is 5.38. The Bertz CT molecular complexity index is 427. The van der Waals surface area contributed by atoms with E-state index in [1.54, 1.807) is 7.11 Å². The van der Waals surface area contributed by atoms with Crippen molar-refractivity contribution in [3.8, 4) is 5.75 Å². The normalized spacial score (nSPS) is 18.0. The first-order chi connectivity index (χ1) is 9.72. The summed E-state index contributed by atoms with van der Waals surface area (Å²) in [6.07, 6.45) is 1.01. The Balaban J connectivity index is 1.92. The molecule has 0 aliphatic carbocycles. The first-order valence-corrected chi connectivity index (χ1v) is 6.92. The zero-order chi connectivity index (χ0) is 14.4. The molecule has 0 saturated carbocycles. The van der Waals surface area contributed by atoms with Crippen LogP contribution in [0.1, 0.15) is 16.8 Å². The van der Waals surface area contributed by atoms with Crippen molar-refractivity contribution >= 4 is 5.91 Å². The Morgan fingerprint density at radius 3 is 2.70 bits per heavy atom. The number of hydrogen-bond acceptors (Lipinski definition) is 4. The fraction of sp³-hybridized carbons (Fsp3) is 0.533. The van der Waals surface area contributed by atoms with E-state index in [0.29, 0.717) is 24.8 Å². The minimum Gasteiger partial charge on any atom is -0.491 e.